The molecule has 0 radical (unpaired) electrons. The molecule has 1 unspecified atom stereocenters. The summed E-state index contributed by atoms with van der Waals surface area (Å²) in [4.78, 5) is 19.1. The molecule has 5 rings (SSSR count). The molecular weight excluding hydrogens is 434 g/mol. The maximum absolute atomic E-state index is 13.3. The van der Waals surface area contributed by atoms with Crippen molar-refractivity contribution in [2.75, 3.05) is 18.0 Å². The van der Waals surface area contributed by atoms with Crippen LogP contribution < -0.4 is 16.1 Å². The molecule has 1 amide bonds. The van der Waals surface area contributed by atoms with E-state index in [1.165, 1.54) is 15.6 Å². The number of nitrogens with one attached hydrogen (secondary N) is 1. The number of nitrogens with two attached hydrogens (primary N) is 1. The highest BCUT2D eigenvalue weighted by Crippen LogP contribution is 2.36. The molecule has 3 N–H and O–H groups in total. The van der Waals surface area contributed by atoms with E-state index in [-0.39, 0.29) is 17.4 Å². The molecule has 1 saturated heterocycles. The number of primary amides is 1. The largest absolute Gasteiger partial charge is 0.370 e. The molecule has 1 aromatic carbocycles. The number of allylic oxidation sites excluding steroid dienone is 2. The summed E-state index contributed by atoms with van der Waals surface area (Å²) in [6.45, 7) is 1.14. The van der Waals surface area contributed by atoms with Gasteiger partial charge in [-0.3, -0.25) is 4.79 Å². The van der Waals surface area contributed by atoms with Crippen molar-refractivity contribution in [3.05, 3.63) is 65.0 Å². The van der Waals surface area contributed by atoms with Gasteiger partial charge in [0.1, 0.15) is 16.8 Å². The average molecular weight is 460 g/mol. The first-order valence-electron chi connectivity index (χ1n) is 10.5. The highest BCUT2D eigenvalue weighted by molar-refractivity contribution is 7.93. The summed E-state index contributed by atoms with van der Waals surface area (Å²) in [5.41, 5.74) is 10.6. The van der Waals surface area contributed by atoms with Gasteiger partial charge in [-0.05, 0) is 31.1 Å². The predicted octanol–water partition coefficient (Wildman–Crippen LogP) is 1.02. The molecule has 1 aromatic rings. The maximum atomic E-state index is 13.3. The van der Waals surface area contributed by atoms with Crippen LogP contribution in [-0.4, -0.2) is 49.1 Å². The van der Waals surface area contributed by atoms with Gasteiger partial charge in [0, 0.05) is 36.6 Å². The van der Waals surface area contributed by atoms with Crippen molar-refractivity contribution >= 4 is 21.6 Å². The molecule has 0 aliphatic carbocycles. The smallest absolute Gasteiger partial charge is 0.245 e. The third kappa shape index (κ3) is 3.66. The van der Waals surface area contributed by atoms with E-state index in [1.807, 2.05) is 24.3 Å². The van der Waals surface area contributed by atoms with Crippen LogP contribution in [0.2, 0.25) is 0 Å². The Morgan fingerprint density at radius 1 is 1.22 bits per heavy atom. The van der Waals surface area contributed by atoms with Crippen LogP contribution in [-0.2, 0) is 31.1 Å². The van der Waals surface area contributed by atoms with Crippen LogP contribution in [0.15, 0.2) is 59.4 Å². The summed E-state index contributed by atoms with van der Waals surface area (Å²) in [5, 5.41) is 1.38. The third-order valence-corrected chi connectivity index (χ3v) is 8.07. The lowest BCUT2D eigenvalue weighted by molar-refractivity contribution is -0.121. The number of carbonyl (C=O) groups excluding carboxylic acids is 1. The van der Waals surface area contributed by atoms with Crippen LogP contribution in [0, 0.1) is 0 Å². The number of piperidine rings is 1. The predicted molar refractivity (Wildman–Crippen MR) is 116 cm³/mol. The number of hydrogen-bond donors (Lipinski definition) is 2. The number of fused-ring (bicyclic) bond motifs is 2. The normalized spacial score (nSPS) is 23.8. The van der Waals surface area contributed by atoms with Gasteiger partial charge in [0.2, 0.25) is 15.9 Å². The van der Waals surface area contributed by atoms with Crippen LogP contribution in [0.1, 0.15) is 24.8 Å². The molecule has 1 atom stereocenters. The van der Waals surface area contributed by atoms with Gasteiger partial charge in [0.25, 0.3) is 0 Å². The molecule has 0 aromatic heterocycles. The number of rotatable bonds is 5. The number of anilines is 1. The first-order valence-corrected chi connectivity index (χ1v) is 12.0. The van der Waals surface area contributed by atoms with Gasteiger partial charge in [0.05, 0.1) is 19.2 Å². The fourth-order valence-corrected chi connectivity index (χ4v) is 6.25. The number of carbonyl (C=O) groups is 1. The molecule has 4 aliphatic heterocycles. The standard InChI is InChI=1S/C21H25N5O5S/c22-20(27)12-21-26(17-5-2-1-4-15(17)14-30-21)16-7-10-24(11-8-16)32(28,29)19-6-3-9-25-18(19)13-23-31-25/h1-6,9,13,16,21,23H,7-8,10-12,14H2,(H2,22,27). The fraction of sp³-hybridized carbons (Fsp3) is 0.381. The summed E-state index contributed by atoms with van der Waals surface area (Å²) in [6, 6.07) is 7.96. The van der Waals surface area contributed by atoms with Gasteiger partial charge in [0.15, 0.2) is 0 Å². The molecule has 4 aliphatic rings. The lowest BCUT2D eigenvalue weighted by Crippen LogP contribution is -2.53. The molecule has 11 heteroatoms. The molecule has 1 fully saturated rings. The number of nitrogens with zero attached hydrogens (tertiary/aromatic N) is 3. The highest BCUT2D eigenvalue weighted by Gasteiger charge is 2.40. The van der Waals surface area contributed by atoms with Crippen molar-refractivity contribution in [2.24, 2.45) is 5.73 Å². The number of para-hydroxylation sites is 1. The van der Waals surface area contributed by atoms with E-state index in [4.69, 9.17) is 15.4 Å². The van der Waals surface area contributed by atoms with Crippen LogP contribution in [0.3, 0.4) is 0 Å². The molecule has 0 spiro atoms. The van der Waals surface area contributed by atoms with Gasteiger partial charge < -0.3 is 15.4 Å². The van der Waals surface area contributed by atoms with Gasteiger partial charge in [-0.25, -0.2) is 19.0 Å². The Labute approximate surface area is 186 Å². The molecule has 170 valence electrons. The Balaban J connectivity index is 1.35. The number of amides is 1. The summed E-state index contributed by atoms with van der Waals surface area (Å²) < 4.78 is 34.2. The Bertz CT molecular complexity index is 1110. The zero-order valence-corrected chi connectivity index (χ0v) is 18.2. The van der Waals surface area contributed by atoms with E-state index >= 15 is 0 Å². The van der Waals surface area contributed by atoms with E-state index in [1.54, 1.807) is 18.4 Å². The van der Waals surface area contributed by atoms with Gasteiger partial charge >= 0.3 is 0 Å². The number of sulfonamides is 1. The summed E-state index contributed by atoms with van der Waals surface area (Å²) in [5.74, 6) is -0.429. The summed E-state index contributed by atoms with van der Waals surface area (Å²) >= 11 is 0. The van der Waals surface area contributed by atoms with Gasteiger partial charge in [-0.1, -0.05) is 18.2 Å². The molecule has 4 heterocycles. The second-order valence-corrected chi connectivity index (χ2v) is 9.95. The van der Waals surface area contributed by atoms with E-state index in [2.05, 4.69) is 10.4 Å². The third-order valence-electron chi connectivity index (χ3n) is 6.13. The lowest BCUT2D eigenvalue weighted by atomic mass is 10.00. The molecule has 32 heavy (non-hydrogen) atoms. The van der Waals surface area contributed by atoms with Crippen LogP contribution in [0.4, 0.5) is 5.69 Å². The number of hydroxylamine groups is 3. The van der Waals surface area contributed by atoms with Crippen molar-refractivity contribution in [3.63, 3.8) is 0 Å². The Morgan fingerprint density at radius 2 is 2.00 bits per heavy atom. The van der Waals surface area contributed by atoms with Crippen LogP contribution in [0.5, 0.6) is 0 Å². The maximum Gasteiger partial charge on any atom is 0.245 e. The Morgan fingerprint density at radius 3 is 2.78 bits per heavy atom. The second kappa shape index (κ2) is 8.24. The SMILES string of the molecule is NC(=O)CC1OCc2ccccc2N1C1CCN(S(=O)(=O)C2=CC=CN3ONC=C23)CC1. The minimum atomic E-state index is -3.70. The van der Waals surface area contributed by atoms with Crippen molar-refractivity contribution < 1.29 is 22.9 Å². The van der Waals surface area contributed by atoms with Crippen molar-refractivity contribution in [2.45, 2.75) is 38.1 Å². The Kier molecular flexibility index (Phi) is 5.41. The number of ether oxygens (including phenoxy) is 1. The first-order chi connectivity index (χ1) is 15.4. The minimum absolute atomic E-state index is 0.0275. The molecule has 0 saturated carbocycles. The summed E-state index contributed by atoms with van der Waals surface area (Å²) in [6.07, 6.45) is 7.22. The van der Waals surface area contributed by atoms with Crippen molar-refractivity contribution in [1.82, 2.24) is 14.8 Å². The zero-order chi connectivity index (χ0) is 22.3. The van der Waals surface area contributed by atoms with Crippen LogP contribution >= 0.6 is 0 Å². The number of benzene rings is 1. The zero-order valence-electron chi connectivity index (χ0n) is 17.4. The van der Waals surface area contributed by atoms with E-state index in [0.29, 0.717) is 38.2 Å². The first kappa shape index (κ1) is 21.0. The molecule has 10 nitrogen and oxygen atoms in total. The van der Waals surface area contributed by atoms with Gasteiger partial charge in [-0.2, -0.15) is 9.24 Å². The van der Waals surface area contributed by atoms with Gasteiger partial charge in [-0.15, -0.1) is 0 Å². The van der Waals surface area contributed by atoms with E-state index in [9.17, 15) is 13.2 Å². The van der Waals surface area contributed by atoms with Crippen molar-refractivity contribution in [3.8, 4) is 0 Å². The monoisotopic (exact) mass is 459 g/mol. The van der Waals surface area contributed by atoms with Crippen molar-refractivity contribution in [1.29, 1.82) is 0 Å². The Hall–Kier alpha value is -2.86. The lowest BCUT2D eigenvalue weighted by Gasteiger charge is -2.46. The highest BCUT2D eigenvalue weighted by atomic mass is 32.2. The summed E-state index contributed by atoms with van der Waals surface area (Å²) in [7, 11) is -3.70. The fourth-order valence-electron chi connectivity index (χ4n) is 4.62. The minimum Gasteiger partial charge on any atom is -0.370 e. The second-order valence-electron chi connectivity index (χ2n) is 8.04. The molecule has 0 bridgehead atoms. The van der Waals surface area contributed by atoms with E-state index in [0.717, 1.165) is 11.3 Å². The average Bonchev–Trinajstić information content (AvgIpc) is 3.27. The van der Waals surface area contributed by atoms with E-state index < -0.39 is 22.2 Å². The van der Waals surface area contributed by atoms with Crippen LogP contribution in [0.25, 0.3) is 0 Å². The quantitative estimate of drug-likeness (QED) is 0.670. The number of hydrogen-bond acceptors (Lipinski definition) is 8. The molecular formula is C21H25N5O5S. The topological polar surface area (TPSA) is 117 Å².